The second kappa shape index (κ2) is 11.2. The van der Waals surface area contributed by atoms with Gasteiger partial charge in [-0.2, -0.15) is 0 Å². The molecule has 0 bridgehead atoms. The monoisotopic (exact) mass is 521 g/mol. The van der Waals surface area contributed by atoms with Crippen LogP contribution in [-0.4, -0.2) is 53.6 Å². The van der Waals surface area contributed by atoms with Gasteiger partial charge in [-0.05, 0) is 104 Å². The third-order valence-electron chi connectivity index (χ3n) is 10.9. The second-order valence-corrected chi connectivity index (χ2v) is 14.1. The van der Waals surface area contributed by atoms with E-state index in [0.717, 1.165) is 44.9 Å². The van der Waals surface area contributed by atoms with Crippen LogP contribution in [0, 0.1) is 46.3 Å². The van der Waals surface area contributed by atoms with Crippen molar-refractivity contribution in [2.75, 3.05) is 12.3 Å². The van der Waals surface area contributed by atoms with E-state index in [4.69, 9.17) is 0 Å². The van der Waals surface area contributed by atoms with Crippen LogP contribution in [0.2, 0.25) is 0 Å². The summed E-state index contributed by atoms with van der Waals surface area (Å²) < 4.78 is 32.2. The minimum absolute atomic E-state index is 0. The Morgan fingerprint density at radius 1 is 1.09 bits per heavy atom. The van der Waals surface area contributed by atoms with Crippen molar-refractivity contribution in [1.29, 1.82) is 0 Å². The van der Waals surface area contributed by atoms with Gasteiger partial charge in [0.2, 0.25) is 5.91 Å². The maximum Gasteiger partial charge on any atom is 1.00 e. The van der Waals surface area contributed by atoms with Gasteiger partial charge in [-0.1, -0.05) is 20.8 Å². The Bertz CT molecular complexity index is 870. The number of amides is 1. The fraction of sp³-hybridized carbons (Fsp3) is 0.962. The molecule has 4 saturated carbocycles. The Labute approximate surface area is 233 Å². The number of hydrogen-bond donors (Lipinski definition) is 3. The summed E-state index contributed by atoms with van der Waals surface area (Å²) >= 11 is 0. The van der Waals surface area contributed by atoms with Crippen molar-refractivity contribution in [3.8, 4) is 0 Å². The van der Waals surface area contributed by atoms with Crippen LogP contribution >= 0.6 is 0 Å². The largest absolute Gasteiger partial charge is 1.00 e. The number of nitrogens with one attached hydrogen (secondary N) is 1. The molecular formula is C26H44NNaO6S. The summed E-state index contributed by atoms with van der Waals surface area (Å²) in [6, 6.07) is 0. The molecular weight excluding hydrogens is 477 g/mol. The van der Waals surface area contributed by atoms with E-state index in [-0.39, 0.29) is 71.0 Å². The molecule has 0 saturated heterocycles. The SMILES string of the molecule is C[C@H](CCC(=O)NCCS(=O)(=O)[O-])[C@H]1C[C@H](O)[C@H]2[C@@H]3CC[C@@H]4C[C@H](O)CC[C@]4(C)[C@H]3CC[C@@]21C.[Na+]. The number of aliphatic hydroxyl groups excluding tert-OH is 2. The summed E-state index contributed by atoms with van der Waals surface area (Å²) in [5, 5.41) is 24.1. The molecule has 4 aliphatic rings. The molecule has 7 nitrogen and oxygen atoms in total. The maximum absolute atomic E-state index is 12.2. The molecule has 4 aliphatic carbocycles. The Morgan fingerprint density at radius 3 is 2.46 bits per heavy atom. The zero-order chi connectivity index (χ0) is 24.9. The van der Waals surface area contributed by atoms with E-state index >= 15 is 0 Å². The average molecular weight is 522 g/mol. The Hall–Kier alpha value is 0.300. The van der Waals surface area contributed by atoms with Crippen molar-refractivity contribution in [2.24, 2.45) is 46.3 Å². The molecule has 0 radical (unpaired) electrons. The molecule has 0 aromatic rings. The summed E-state index contributed by atoms with van der Waals surface area (Å²) in [4.78, 5) is 12.2. The van der Waals surface area contributed by atoms with E-state index in [1.165, 1.54) is 6.42 Å². The van der Waals surface area contributed by atoms with Crippen LogP contribution in [-0.2, 0) is 14.9 Å². The number of rotatable bonds is 7. The van der Waals surface area contributed by atoms with Gasteiger partial charge < -0.3 is 20.1 Å². The molecule has 0 heterocycles. The third-order valence-corrected chi connectivity index (χ3v) is 11.6. The molecule has 0 aromatic carbocycles. The zero-order valence-corrected chi connectivity index (χ0v) is 24.9. The van der Waals surface area contributed by atoms with Crippen LogP contribution in [0.4, 0.5) is 0 Å². The van der Waals surface area contributed by atoms with Gasteiger partial charge in [0.05, 0.1) is 28.1 Å². The first-order chi connectivity index (χ1) is 15.8. The van der Waals surface area contributed by atoms with Gasteiger partial charge in [0.25, 0.3) is 0 Å². The van der Waals surface area contributed by atoms with Crippen LogP contribution in [0.5, 0.6) is 0 Å². The van der Waals surface area contributed by atoms with Crippen LogP contribution in [0.25, 0.3) is 0 Å². The normalized spacial score (nSPS) is 43.8. The van der Waals surface area contributed by atoms with Crippen LogP contribution in [0.15, 0.2) is 0 Å². The van der Waals surface area contributed by atoms with Crippen molar-refractivity contribution in [3.05, 3.63) is 0 Å². The predicted octanol–water partition coefficient (Wildman–Crippen LogP) is 0.0587. The first kappa shape index (κ1) is 29.9. The van der Waals surface area contributed by atoms with Gasteiger partial charge in [0.15, 0.2) is 0 Å². The maximum atomic E-state index is 12.2. The van der Waals surface area contributed by atoms with Crippen LogP contribution in [0.3, 0.4) is 0 Å². The molecule has 10 atom stereocenters. The van der Waals surface area contributed by atoms with Gasteiger partial charge in [0.1, 0.15) is 0 Å². The third kappa shape index (κ3) is 5.99. The van der Waals surface area contributed by atoms with Crippen LogP contribution < -0.4 is 34.9 Å². The van der Waals surface area contributed by atoms with Crippen molar-refractivity contribution < 1.29 is 57.5 Å². The minimum Gasteiger partial charge on any atom is -0.748 e. The van der Waals surface area contributed by atoms with Gasteiger partial charge in [0, 0.05) is 13.0 Å². The van der Waals surface area contributed by atoms with Gasteiger partial charge in [-0.15, -0.1) is 0 Å². The van der Waals surface area contributed by atoms with E-state index in [9.17, 15) is 28.0 Å². The molecule has 0 aromatic heterocycles. The molecule has 0 aliphatic heterocycles. The Kier molecular flexibility index (Phi) is 9.54. The fourth-order valence-corrected chi connectivity index (χ4v) is 9.54. The van der Waals surface area contributed by atoms with Crippen molar-refractivity contribution in [2.45, 2.75) is 97.2 Å². The molecule has 4 rings (SSSR count). The minimum atomic E-state index is -4.32. The molecule has 196 valence electrons. The summed E-state index contributed by atoms with van der Waals surface area (Å²) in [6.45, 7) is 6.89. The molecule has 9 heteroatoms. The molecule has 4 fully saturated rings. The van der Waals surface area contributed by atoms with Crippen molar-refractivity contribution in [3.63, 3.8) is 0 Å². The molecule has 1 amide bonds. The first-order valence-corrected chi connectivity index (χ1v) is 15.0. The molecule has 0 unspecified atom stereocenters. The number of carbonyl (C=O) groups excluding carboxylic acids is 1. The van der Waals surface area contributed by atoms with E-state index in [1.54, 1.807) is 0 Å². The number of carbonyl (C=O) groups is 1. The number of aliphatic hydroxyl groups is 2. The van der Waals surface area contributed by atoms with Gasteiger partial charge >= 0.3 is 29.6 Å². The fourth-order valence-electron chi connectivity index (χ4n) is 9.19. The molecule has 3 N–H and O–H groups in total. The smallest absolute Gasteiger partial charge is 0.748 e. The first-order valence-electron chi connectivity index (χ1n) is 13.4. The van der Waals surface area contributed by atoms with Gasteiger partial charge in [-0.3, -0.25) is 4.79 Å². The summed E-state index contributed by atoms with van der Waals surface area (Å²) in [6.07, 6.45) is 8.92. The molecule has 0 spiro atoms. The summed E-state index contributed by atoms with van der Waals surface area (Å²) in [5.74, 6) is 1.93. The summed E-state index contributed by atoms with van der Waals surface area (Å²) in [5.41, 5.74) is 0.354. The van der Waals surface area contributed by atoms with E-state index in [0.29, 0.717) is 42.4 Å². The summed E-state index contributed by atoms with van der Waals surface area (Å²) in [7, 11) is -4.32. The van der Waals surface area contributed by atoms with E-state index in [2.05, 4.69) is 26.1 Å². The topological polar surface area (TPSA) is 127 Å². The van der Waals surface area contributed by atoms with Crippen molar-refractivity contribution in [1.82, 2.24) is 5.32 Å². The molecule has 35 heavy (non-hydrogen) atoms. The average Bonchev–Trinajstić information content (AvgIpc) is 3.02. The van der Waals surface area contributed by atoms with Crippen LogP contribution in [0.1, 0.15) is 85.0 Å². The van der Waals surface area contributed by atoms with Crippen molar-refractivity contribution >= 4 is 16.0 Å². The van der Waals surface area contributed by atoms with E-state index < -0.39 is 15.9 Å². The standard InChI is InChI=1S/C26H45NO6S.Na/c1-16(4-7-23(30)27-12-13-34(31,32)33)21-15-22(29)24-19-6-5-17-14-18(28)8-10-25(17,2)20(19)9-11-26(21,24)3;/h16-22,24,28-29H,4-15H2,1-3H3,(H,27,30)(H,31,32,33);/q;+1/p-1/t16-,17-,18-,19-,20+,21-,22+,24-,25+,26-;/m1./s1. The number of hydrogen-bond acceptors (Lipinski definition) is 6. The van der Waals surface area contributed by atoms with E-state index in [1.807, 2.05) is 0 Å². The predicted molar refractivity (Wildman–Crippen MR) is 129 cm³/mol. The number of fused-ring (bicyclic) bond motifs is 5. The van der Waals surface area contributed by atoms with Gasteiger partial charge in [-0.25, -0.2) is 8.42 Å². The quantitative estimate of drug-likeness (QED) is 0.321. The zero-order valence-electron chi connectivity index (χ0n) is 22.0. The Balaban J connectivity index is 0.00000342. The second-order valence-electron chi connectivity index (χ2n) is 12.6. The Morgan fingerprint density at radius 2 is 1.77 bits per heavy atom.